The highest BCUT2D eigenvalue weighted by Gasteiger charge is 2.25. The van der Waals surface area contributed by atoms with Gasteiger partial charge in [-0.15, -0.1) is 11.3 Å². The fraction of sp³-hybridized carbons (Fsp3) is 0.0370. The first kappa shape index (κ1) is 32.3. The molecule has 0 spiro atoms. The van der Waals surface area contributed by atoms with Gasteiger partial charge in [-0.25, -0.2) is 0 Å². The van der Waals surface area contributed by atoms with E-state index in [9.17, 15) is 0 Å². The number of para-hydroxylation sites is 1. The highest BCUT2D eigenvalue weighted by atomic mass is 32.1. The van der Waals surface area contributed by atoms with Crippen molar-refractivity contribution in [2.45, 2.75) is 12.8 Å². The summed E-state index contributed by atoms with van der Waals surface area (Å²) in [6, 6.07) is 67.0. The second-order valence-corrected chi connectivity index (χ2v) is 16.2. The van der Waals surface area contributed by atoms with Crippen molar-refractivity contribution in [3.05, 3.63) is 199 Å². The third kappa shape index (κ3) is 5.02. The highest BCUT2D eigenvalue weighted by Crippen LogP contribution is 2.49. The number of allylic oxidation sites excluding steroid dienone is 1. The Balaban J connectivity index is 1.12. The van der Waals surface area contributed by atoms with Crippen LogP contribution in [0.5, 0.6) is 0 Å². The maximum absolute atomic E-state index is 2.59. The van der Waals surface area contributed by atoms with Crippen molar-refractivity contribution < 1.29 is 0 Å². The normalized spacial score (nSPS) is 12.7. The molecule has 0 saturated heterocycles. The Morgan fingerprint density at radius 2 is 1.07 bits per heavy atom. The van der Waals surface area contributed by atoms with Crippen molar-refractivity contribution in [1.82, 2.24) is 9.13 Å². The van der Waals surface area contributed by atoms with E-state index in [4.69, 9.17) is 0 Å². The second-order valence-electron chi connectivity index (χ2n) is 15.2. The van der Waals surface area contributed by atoms with Gasteiger partial charge in [-0.3, -0.25) is 0 Å². The van der Waals surface area contributed by atoms with E-state index < -0.39 is 0 Å². The van der Waals surface area contributed by atoms with Crippen LogP contribution in [0.4, 0.5) is 0 Å². The van der Waals surface area contributed by atoms with Gasteiger partial charge in [0.25, 0.3) is 0 Å². The summed E-state index contributed by atoms with van der Waals surface area (Å²) in [5, 5.41) is 6.51. The number of hydrogen-bond donors (Lipinski definition) is 0. The van der Waals surface area contributed by atoms with Crippen LogP contribution in [0.25, 0.3) is 104 Å². The number of benzene rings is 8. The Hall–Kier alpha value is -6.94. The number of thiophene rings is 1. The molecule has 11 aromatic rings. The van der Waals surface area contributed by atoms with Crippen molar-refractivity contribution >= 4 is 70.3 Å². The molecule has 2 nitrogen and oxygen atoms in total. The lowest BCUT2D eigenvalue weighted by molar-refractivity contribution is 0.890. The summed E-state index contributed by atoms with van der Waals surface area (Å²) in [7, 11) is 0. The van der Waals surface area contributed by atoms with E-state index in [1.54, 1.807) is 0 Å². The van der Waals surface area contributed by atoms with Crippen LogP contribution in [-0.4, -0.2) is 9.13 Å². The van der Waals surface area contributed by atoms with Gasteiger partial charge in [-0.05, 0) is 95.3 Å². The summed E-state index contributed by atoms with van der Waals surface area (Å²) in [6.45, 7) is 0. The number of aromatic nitrogens is 2. The molecule has 0 bridgehead atoms. The molecule has 0 atom stereocenters. The van der Waals surface area contributed by atoms with Crippen LogP contribution in [0.2, 0.25) is 0 Å². The Bertz CT molecular complexity index is 3400. The molecular formula is C54H36N2S. The van der Waals surface area contributed by atoms with Crippen LogP contribution in [0.15, 0.2) is 188 Å². The van der Waals surface area contributed by atoms with E-state index in [0.29, 0.717) is 0 Å². The first-order valence-electron chi connectivity index (χ1n) is 19.8. The van der Waals surface area contributed by atoms with Gasteiger partial charge in [0.05, 0.1) is 16.6 Å². The lowest BCUT2D eigenvalue weighted by Crippen LogP contribution is -2.03. The molecule has 0 unspecified atom stereocenters. The van der Waals surface area contributed by atoms with Crippen LogP contribution < -0.4 is 0 Å². The molecule has 3 heterocycles. The van der Waals surface area contributed by atoms with Gasteiger partial charge in [0.1, 0.15) is 0 Å². The SMILES string of the molecule is C1=Cc2c(n(-c3cccc(-c4ccccc4)c3)c3c2cc(-c2ccc4c(c2)c2ccccc2n4-c2cccc(-c4ccccc4)c2)c2sc4ccccc4c23)CC1. The van der Waals surface area contributed by atoms with Crippen LogP contribution in [0.3, 0.4) is 0 Å². The predicted octanol–water partition coefficient (Wildman–Crippen LogP) is 15.1. The van der Waals surface area contributed by atoms with E-state index in [1.807, 2.05) is 11.3 Å². The van der Waals surface area contributed by atoms with E-state index in [1.165, 1.54) is 109 Å². The number of hydrogen-bond acceptors (Lipinski definition) is 1. The summed E-state index contributed by atoms with van der Waals surface area (Å²) in [5.41, 5.74) is 16.3. The minimum atomic E-state index is 1.01. The lowest BCUT2D eigenvalue weighted by atomic mass is 9.96. The van der Waals surface area contributed by atoms with Crippen molar-refractivity contribution in [2.75, 3.05) is 0 Å². The quantitative estimate of drug-likeness (QED) is 0.166. The average molecular weight is 745 g/mol. The van der Waals surface area contributed by atoms with E-state index >= 15 is 0 Å². The Kier molecular flexibility index (Phi) is 7.26. The fourth-order valence-corrected chi connectivity index (χ4v) is 10.7. The molecule has 0 radical (unpaired) electrons. The Morgan fingerprint density at radius 3 is 1.82 bits per heavy atom. The molecule has 8 aromatic carbocycles. The predicted molar refractivity (Wildman–Crippen MR) is 244 cm³/mol. The number of rotatable bonds is 5. The zero-order chi connectivity index (χ0) is 37.5. The molecule has 3 aromatic heterocycles. The van der Waals surface area contributed by atoms with Crippen LogP contribution in [0, 0.1) is 0 Å². The topological polar surface area (TPSA) is 9.86 Å². The van der Waals surface area contributed by atoms with Gasteiger partial charge in [0, 0.05) is 64.5 Å². The first-order chi connectivity index (χ1) is 28.3. The lowest BCUT2D eigenvalue weighted by Gasteiger charge is -2.15. The summed E-state index contributed by atoms with van der Waals surface area (Å²) in [5.74, 6) is 0. The van der Waals surface area contributed by atoms with Gasteiger partial charge < -0.3 is 9.13 Å². The van der Waals surface area contributed by atoms with E-state index in [2.05, 4.69) is 203 Å². The van der Waals surface area contributed by atoms with Gasteiger partial charge in [-0.1, -0.05) is 140 Å². The third-order valence-electron chi connectivity index (χ3n) is 12.0. The van der Waals surface area contributed by atoms with Gasteiger partial charge >= 0.3 is 0 Å². The van der Waals surface area contributed by atoms with Crippen molar-refractivity contribution in [3.8, 4) is 44.8 Å². The smallest absolute Gasteiger partial charge is 0.0631 e. The maximum atomic E-state index is 2.59. The second kappa shape index (κ2) is 12.8. The molecule has 12 rings (SSSR count). The standard InChI is InChI=1S/C54H36N2S/c1-3-15-35(16-4-1)37-19-13-21-40(31-37)55-48-26-10-7-23-42(48)46-33-39(29-30-50(46)55)45-34-47-43-24-8-11-27-49(43)56(41-22-14-20-38(32-41)36-17-5-2-6-18-36)53(47)52-44-25-9-12-28-51(44)57-54(45)52/h1-10,12-26,28-34H,11,27H2. The third-order valence-corrected chi connectivity index (χ3v) is 13.2. The largest absolute Gasteiger partial charge is 0.312 e. The van der Waals surface area contributed by atoms with Crippen LogP contribution in [0.1, 0.15) is 17.7 Å². The van der Waals surface area contributed by atoms with Crippen LogP contribution in [-0.2, 0) is 6.42 Å². The molecule has 1 aliphatic carbocycles. The van der Waals surface area contributed by atoms with Gasteiger partial charge in [0.2, 0.25) is 0 Å². The molecule has 0 N–H and O–H groups in total. The summed E-state index contributed by atoms with van der Waals surface area (Å²) in [4.78, 5) is 0. The van der Waals surface area contributed by atoms with Crippen molar-refractivity contribution in [3.63, 3.8) is 0 Å². The highest BCUT2D eigenvalue weighted by molar-refractivity contribution is 7.26. The summed E-state index contributed by atoms with van der Waals surface area (Å²) < 4.78 is 7.68. The Labute approximate surface area is 334 Å². The number of fused-ring (bicyclic) bond motifs is 10. The fourth-order valence-electron chi connectivity index (χ4n) is 9.41. The van der Waals surface area contributed by atoms with Crippen molar-refractivity contribution in [2.24, 2.45) is 0 Å². The average Bonchev–Trinajstić information content (AvgIpc) is 3.94. The molecule has 0 fully saturated rings. The minimum absolute atomic E-state index is 1.01. The molecule has 268 valence electrons. The monoisotopic (exact) mass is 744 g/mol. The molecule has 3 heteroatoms. The molecule has 0 aliphatic heterocycles. The first-order valence-corrected chi connectivity index (χ1v) is 20.6. The van der Waals surface area contributed by atoms with Crippen LogP contribution >= 0.6 is 11.3 Å². The number of nitrogens with zero attached hydrogens (tertiary/aromatic N) is 2. The summed E-state index contributed by atoms with van der Waals surface area (Å²) in [6.07, 6.45) is 6.78. The Morgan fingerprint density at radius 1 is 0.439 bits per heavy atom. The zero-order valence-electron chi connectivity index (χ0n) is 31.2. The molecule has 0 saturated carbocycles. The zero-order valence-corrected chi connectivity index (χ0v) is 32.0. The van der Waals surface area contributed by atoms with Crippen molar-refractivity contribution in [1.29, 1.82) is 0 Å². The molecule has 57 heavy (non-hydrogen) atoms. The molecule has 1 aliphatic rings. The molecule has 0 amide bonds. The minimum Gasteiger partial charge on any atom is -0.312 e. The molecular weight excluding hydrogens is 709 g/mol. The van der Waals surface area contributed by atoms with Gasteiger partial charge in [0.15, 0.2) is 0 Å². The van der Waals surface area contributed by atoms with E-state index in [0.717, 1.165) is 12.8 Å². The summed E-state index contributed by atoms with van der Waals surface area (Å²) >= 11 is 1.92. The van der Waals surface area contributed by atoms with E-state index in [-0.39, 0.29) is 0 Å². The van der Waals surface area contributed by atoms with Gasteiger partial charge in [-0.2, -0.15) is 0 Å². The maximum Gasteiger partial charge on any atom is 0.0631 e.